The van der Waals surface area contributed by atoms with Gasteiger partial charge in [0.25, 0.3) is 0 Å². The first-order valence-electron chi connectivity index (χ1n) is 8.00. The fourth-order valence-electron chi connectivity index (χ4n) is 2.66. The second kappa shape index (κ2) is 7.61. The third-order valence-electron chi connectivity index (χ3n) is 4.00. The molecule has 0 fully saturated rings. The van der Waals surface area contributed by atoms with Gasteiger partial charge in [0.1, 0.15) is 5.69 Å². The lowest BCUT2D eigenvalue weighted by Crippen LogP contribution is -2.35. The highest BCUT2D eigenvalue weighted by Gasteiger charge is 2.20. The van der Waals surface area contributed by atoms with Crippen molar-refractivity contribution in [1.29, 1.82) is 0 Å². The molecule has 6 heteroatoms. The summed E-state index contributed by atoms with van der Waals surface area (Å²) < 4.78 is 5.17. The van der Waals surface area contributed by atoms with E-state index < -0.39 is 11.9 Å². The third-order valence-corrected chi connectivity index (χ3v) is 4.00. The van der Waals surface area contributed by atoms with E-state index in [1.165, 1.54) is 0 Å². The molecule has 1 unspecified atom stereocenters. The van der Waals surface area contributed by atoms with Crippen molar-refractivity contribution in [2.45, 2.75) is 12.8 Å². The van der Waals surface area contributed by atoms with Crippen LogP contribution in [0.5, 0.6) is 0 Å². The number of carbonyl (C=O) groups excluding carboxylic acids is 1. The van der Waals surface area contributed by atoms with Gasteiger partial charge in [0.05, 0.1) is 12.3 Å². The summed E-state index contributed by atoms with van der Waals surface area (Å²) in [5, 5.41) is 16.8. The quantitative estimate of drug-likeness (QED) is 0.690. The van der Waals surface area contributed by atoms with E-state index in [0.29, 0.717) is 17.7 Å². The normalized spacial score (nSPS) is 12.0. The van der Waals surface area contributed by atoms with E-state index in [1.54, 1.807) is 6.07 Å². The molecule has 6 nitrogen and oxygen atoms in total. The summed E-state index contributed by atoms with van der Waals surface area (Å²) in [4.78, 5) is 23.6. The van der Waals surface area contributed by atoms with E-state index in [1.807, 2.05) is 48.5 Å². The van der Waals surface area contributed by atoms with Crippen molar-refractivity contribution in [2.24, 2.45) is 5.92 Å². The lowest BCUT2D eigenvalue weighted by Gasteiger charge is -2.13. The van der Waals surface area contributed by atoms with Gasteiger partial charge in [-0.15, -0.1) is 0 Å². The molecule has 0 aliphatic rings. The van der Waals surface area contributed by atoms with Gasteiger partial charge < -0.3 is 14.9 Å². The molecular formula is C19H18N2O4. The van der Waals surface area contributed by atoms with E-state index in [-0.39, 0.29) is 18.9 Å². The number of para-hydroxylation sites is 1. The number of fused-ring (bicyclic) bond motifs is 1. The Morgan fingerprint density at radius 2 is 1.80 bits per heavy atom. The van der Waals surface area contributed by atoms with Crippen molar-refractivity contribution in [1.82, 2.24) is 10.5 Å². The van der Waals surface area contributed by atoms with Crippen LogP contribution >= 0.6 is 0 Å². The topological polar surface area (TPSA) is 92.4 Å². The minimum atomic E-state index is -0.934. The third kappa shape index (κ3) is 4.23. The van der Waals surface area contributed by atoms with Gasteiger partial charge in [-0.2, -0.15) is 0 Å². The minimum absolute atomic E-state index is 0.0503. The molecule has 0 spiro atoms. The van der Waals surface area contributed by atoms with Crippen molar-refractivity contribution in [3.63, 3.8) is 0 Å². The van der Waals surface area contributed by atoms with Crippen molar-refractivity contribution < 1.29 is 19.2 Å². The molecule has 0 aliphatic carbocycles. The Kier molecular flexibility index (Phi) is 5.09. The van der Waals surface area contributed by atoms with Crippen LogP contribution in [0.15, 0.2) is 59.1 Å². The minimum Gasteiger partial charge on any atom is -0.481 e. The number of benzene rings is 2. The van der Waals surface area contributed by atoms with Gasteiger partial charge in [0, 0.05) is 11.9 Å². The lowest BCUT2D eigenvalue weighted by atomic mass is 9.99. The maximum Gasteiger partial charge on any atom is 0.308 e. The number of carbonyl (C=O) groups is 2. The fraction of sp³-hybridized carbons (Fsp3) is 0.211. The molecule has 0 bridgehead atoms. The summed E-state index contributed by atoms with van der Waals surface area (Å²) in [5.74, 6) is -1.89. The van der Waals surface area contributed by atoms with Crippen LogP contribution in [-0.4, -0.2) is 28.7 Å². The number of carboxylic acids is 1. The lowest BCUT2D eigenvalue weighted by molar-refractivity contribution is -0.141. The zero-order chi connectivity index (χ0) is 17.6. The molecule has 25 heavy (non-hydrogen) atoms. The molecule has 1 heterocycles. The number of nitrogens with zero attached hydrogens (tertiary/aromatic N) is 1. The summed E-state index contributed by atoms with van der Waals surface area (Å²) in [5.41, 5.74) is 2.09. The Balaban J connectivity index is 1.59. The van der Waals surface area contributed by atoms with Crippen LogP contribution in [0.3, 0.4) is 0 Å². The van der Waals surface area contributed by atoms with Gasteiger partial charge in [-0.1, -0.05) is 47.6 Å². The SMILES string of the molecule is O=C(Cc1noc2ccccc12)NCC(Cc1ccccc1)C(=O)O. The first-order chi connectivity index (χ1) is 12.1. The summed E-state index contributed by atoms with van der Waals surface area (Å²) in [6.07, 6.45) is 0.415. The molecule has 2 aromatic carbocycles. The second-order valence-corrected chi connectivity index (χ2v) is 5.83. The maximum atomic E-state index is 12.1. The second-order valence-electron chi connectivity index (χ2n) is 5.83. The molecule has 0 radical (unpaired) electrons. The summed E-state index contributed by atoms with van der Waals surface area (Å²) in [7, 11) is 0. The Morgan fingerprint density at radius 1 is 1.08 bits per heavy atom. The monoisotopic (exact) mass is 338 g/mol. The van der Waals surface area contributed by atoms with Crippen molar-refractivity contribution in [3.8, 4) is 0 Å². The van der Waals surface area contributed by atoms with Crippen molar-refractivity contribution >= 4 is 22.8 Å². The Bertz CT molecular complexity index is 873. The molecule has 0 saturated heterocycles. The number of hydrogen-bond donors (Lipinski definition) is 2. The largest absolute Gasteiger partial charge is 0.481 e. The highest BCUT2D eigenvalue weighted by molar-refractivity contribution is 5.86. The Morgan fingerprint density at radius 3 is 2.56 bits per heavy atom. The number of aliphatic carboxylic acids is 1. The fourth-order valence-corrected chi connectivity index (χ4v) is 2.66. The van der Waals surface area contributed by atoms with Gasteiger partial charge in [0.2, 0.25) is 5.91 Å². The van der Waals surface area contributed by atoms with Gasteiger partial charge >= 0.3 is 5.97 Å². The summed E-state index contributed by atoms with van der Waals surface area (Å²) in [6.45, 7) is 0.0683. The van der Waals surface area contributed by atoms with Crippen LogP contribution in [0.25, 0.3) is 11.0 Å². The van der Waals surface area contributed by atoms with Gasteiger partial charge in [0.15, 0.2) is 5.58 Å². The summed E-state index contributed by atoms with van der Waals surface area (Å²) in [6, 6.07) is 16.7. The Labute approximate surface area is 144 Å². The average Bonchev–Trinajstić information content (AvgIpc) is 3.02. The molecule has 3 rings (SSSR count). The predicted octanol–water partition coefficient (Wildman–Crippen LogP) is 2.43. The highest BCUT2D eigenvalue weighted by Crippen LogP contribution is 2.18. The van der Waals surface area contributed by atoms with E-state index in [2.05, 4.69) is 10.5 Å². The molecule has 1 aromatic heterocycles. The number of hydrogen-bond acceptors (Lipinski definition) is 4. The number of aromatic nitrogens is 1. The molecule has 1 amide bonds. The van der Waals surface area contributed by atoms with Crippen molar-refractivity contribution in [3.05, 3.63) is 65.9 Å². The first-order valence-corrected chi connectivity index (χ1v) is 8.00. The molecule has 2 N–H and O–H groups in total. The number of amides is 1. The van der Waals surface area contributed by atoms with Crippen LogP contribution in [-0.2, 0) is 22.4 Å². The molecule has 128 valence electrons. The molecule has 3 aromatic rings. The zero-order valence-corrected chi connectivity index (χ0v) is 13.5. The molecule has 0 aliphatic heterocycles. The van der Waals surface area contributed by atoms with Crippen LogP contribution < -0.4 is 5.32 Å². The molecule has 1 atom stereocenters. The van der Waals surface area contributed by atoms with Gasteiger partial charge in [-0.05, 0) is 24.1 Å². The molecule has 0 saturated carbocycles. The number of nitrogens with one attached hydrogen (secondary N) is 1. The maximum absolute atomic E-state index is 12.1. The van der Waals surface area contributed by atoms with Crippen LogP contribution in [0.4, 0.5) is 0 Å². The average molecular weight is 338 g/mol. The first kappa shape index (κ1) is 16.7. The van der Waals surface area contributed by atoms with Crippen LogP contribution in [0, 0.1) is 5.92 Å². The van der Waals surface area contributed by atoms with E-state index >= 15 is 0 Å². The van der Waals surface area contributed by atoms with Crippen LogP contribution in [0.1, 0.15) is 11.3 Å². The van der Waals surface area contributed by atoms with Gasteiger partial charge in [-0.25, -0.2) is 0 Å². The van der Waals surface area contributed by atoms with Crippen molar-refractivity contribution in [2.75, 3.05) is 6.54 Å². The highest BCUT2D eigenvalue weighted by atomic mass is 16.5. The van der Waals surface area contributed by atoms with E-state index in [4.69, 9.17) is 4.52 Å². The van der Waals surface area contributed by atoms with Crippen LogP contribution in [0.2, 0.25) is 0 Å². The van der Waals surface area contributed by atoms with Gasteiger partial charge in [-0.3, -0.25) is 9.59 Å². The smallest absolute Gasteiger partial charge is 0.308 e. The number of carboxylic acid groups (broad SMARTS) is 1. The molecular weight excluding hydrogens is 320 g/mol. The predicted molar refractivity (Wildman–Crippen MR) is 92.0 cm³/mol. The Hall–Kier alpha value is -3.15. The number of rotatable bonds is 7. The summed E-state index contributed by atoms with van der Waals surface area (Å²) >= 11 is 0. The van der Waals surface area contributed by atoms with E-state index in [0.717, 1.165) is 10.9 Å². The zero-order valence-electron chi connectivity index (χ0n) is 13.5. The standard InChI is InChI=1S/C19H18N2O4/c22-18(11-16-15-8-4-5-9-17(15)25-21-16)20-12-14(19(23)24)10-13-6-2-1-3-7-13/h1-9,14H,10-12H2,(H,20,22)(H,23,24). The van der Waals surface area contributed by atoms with E-state index in [9.17, 15) is 14.7 Å².